The number of benzene rings is 1. The van der Waals surface area contributed by atoms with E-state index in [0.717, 1.165) is 17.3 Å². The van der Waals surface area contributed by atoms with E-state index in [9.17, 15) is 19.2 Å². The van der Waals surface area contributed by atoms with Gasteiger partial charge < -0.3 is 10.6 Å². The molecule has 9 heteroatoms. The van der Waals surface area contributed by atoms with Gasteiger partial charge in [-0.1, -0.05) is 17.7 Å². The molecule has 4 N–H and O–H groups in total. The van der Waals surface area contributed by atoms with E-state index >= 15 is 0 Å². The number of anilines is 1. The lowest BCUT2D eigenvalue weighted by atomic mass is 10.2. The highest BCUT2D eigenvalue weighted by molar-refractivity contribution is 8.01. The Balaban J connectivity index is 2.33. The molecule has 1 aromatic carbocycles. The van der Waals surface area contributed by atoms with Crippen molar-refractivity contribution in [2.75, 3.05) is 11.1 Å². The van der Waals surface area contributed by atoms with Crippen molar-refractivity contribution in [1.82, 2.24) is 16.2 Å². The van der Waals surface area contributed by atoms with Gasteiger partial charge in [0, 0.05) is 11.7 Å². The average Bonchev–Trinajstić information content (AvgIpc) is 2.58. The topological polar surface area (TPSA) is 116 Å². The lowest BCUT2D eigenvalue weighted by Crippen LogP contribution is -2.51. The van der Waals surface area contributed by atoms with Crippen molar-refractivity contribution in [2.24, 2.45) is 0 Å². The van der Waals surface area contributed by atoms with Crippen LogP contribution in [0.25, 0.3) is 0 Å². The predicted octanol–water partition coefficient (Wildman–Crippen LogP) is 0.727. The van der Waals surface area contributed by atoms with Gasteiger partial charge in [0.2, 0.25) is 5.91 Å². The molecule has 0 saturated carbocycles. The lowest BCUT2D eigenvalue weighted by molar-refractivity contribution is -0.141. The number of hydrazine groups is 1. The van der Waals surface area contributed by atoms with E-state index < -0.39 is 23.0 Å². The van der Waals surface area contributed by atoms with Crippen LogP contribution >= 0.6 is 11.8 Å². The molecule has 0 aliphatic rings. The molecular formula is C17H24N4O4S. The second-order valence-corrected chi connectivity index (χ2v) is 7.27. The normalized spacial score (nSPS) is 11.4. The Kier molecular flexibility index (Phi) is 8.63. The first-order valence-corrected chi connectivity index (χ1v) is 9.12. The summed E-state index contributed by atoms with van der Waals surface area (Å²) < 4.78 is 0. The Labute approximate surface area is 156 Å². The van der Waals surface area contributed by atoms with E-state index in [-0.39, 0.29) is 17.7 Å². The summed E-state index contributed by atoms with van der Waals surface area (Å²) in [5, 5.41) is 4.54. The van der Waals surface area contributed by atoms with Crippen molar-refractivity contribution < 1.29 is 19.2 Å². The summed E-state index contributed by atoms with van der Waals surface area (Å²) in [6, 6.07) is 7.18. The Morgan fingerprint density at radius 1 is 0.962 bits per heavy atom. The molecular weight excluding hydrogens is 356 g/mol. The molecule has 8 nitrogen and oxygen atoms in total. The van der Waals surface area contributed by atoms with Crippen LogP contribution in [-0.2, 0) is 19.2 Å². The first-order valence-electron chi connectivity index (χ1n) is 8.08. The van der Waals surface area contributed by atoms with Gasteiger partial charge in [-0.05, 0) is 39.8 Å². The Hall–Kier alpha value is -2.55. The summed E-state index contributed by atoms with van der Waals surface area (Å²) in [4.78, 5) is 46.7. The molecule has 0 aromatic heterocycles. The van der Waals surface area contributed by atoms with Crippen LogP contribution in [0.1, 0.15) is 26.3 Å². The monoisotopic (exact) mass is 380 g/mol. The third-order valence-electron chi connectivity index (χ3n) is 3.09. The highest BCUT2D eigenvalue weighted by Crippen LogP contribution is 2.13. The molecule has 0 fully saturated rings. The van der Waals surface area contributed by atoms with Gasteiger partial charge in [-0.2, -0.15) is 0 Å². The predicted molar refractivity (Wildman–Crippen MR) is 101 cm³/mol. The number of carbonyl (C=O) groups is 4. The van der Waals surface area contributed by atoms with Crippen LogP contribution in [0.3, 0.4) is 0 Å². The molecule has 0 aliphatic heterocycles. The minimum atomic E-state index is -0.957. The summed E-state index contributed by atoms with van der Waals surface area (Å²) in [5.74, 6) is -2.47. The Bertz CT molecular complexity index is 661. The number of aryl methyl sites for hydroxylation is 1. The van der Waals surface area contributed by atoms with Crippen LogP contribution in [-0.4, -0.2) is 40.7 Å². The minimum absolute atomic E-state index is 0.0737. The smallest absolute Gasteiger partial charge is 0.327 e. The van der Waals surface area contributed by atoms with Gasteiger partial charge in [0.15, 0.2) is 0 Å². The number of thioether (sulfide) groups is 1. The summed E-state index contributed by atoms with van der Waals surface area (Å²) in [5.41, 5.74) is 5.97. The van der Waals surface area contributed by atoms with Gasteiger partial charge in [0.1, 0.15) is 0 Å². The maximum absolute atomic E-state index is 11.9. The van der Waals surface area contributed by atoms with Crippen molar-refractivity contribution in [1.29, 1.82) is 0 Å². The molecule has 1 aromatic rings. The second-order valence-electron chi connectivity index (χ2n) is 5.94. The zero-order valence-electron chi connectivity index (χ0n) is 15.2. The van der Waals surface area contributed by atoms with E-state index in [4.69, 9.17) is 0 Å². The number of carbonyl (C=O) groups excluding carboxylic acids is 4. The average molecular weight is 380 g/mol. The van der Waals surface area contributed by atoms with Crippen LogP contribution in [0.4, 0.5) is 5.69 Å². The van der Waals surface area contributed by atoms with Gasteiger partial charge in [-0.3, -0.25) is 30.0 Å². The van der Waals surface area contributed by atoms with Crippen molar-refractivity contribution in [3.8, 4) is 0 Å². The lowest BCUT2D eigenvalue weighted by Gasteiger charge is -2.13. The summed E-state index contributed by atoms with van der Waals surface area (Å²) >= 11 is 1.11. The van der Waals surface area contributed by atoms with Crippen LogP contribution in [0.15, 0.2) is 24.3 Å². The number of amides is 4. The first-order chi connectivity index (χ1) is 12.2. The molecule has 142 valence electrons. The standard InChI is InChI=1S/C17H24N4O4S/c1-10(2)18-16(24)17(25)21-20-15(23)12(4)26-9-14(22)19-13-7-5-11(3)6-8-13/h5-8,10,12H,9H2,1-4H3,(H,18,24)(H,19,22)(H,20,23)(H,21,25)/t12-/m0/s1. The van der Waals surface area contributed by atoms with Gasteiger partial charge in [-0.15, -0.1) is 11.8 Å². The summed E-state index contributed by atoms with van der Waals surface area (Å²) in [6.07, 6.45) is 0. The molecule has 1 rings (SSSR count). The van der Waals surface area contributed by atoms with E-state index in [1.165, 1.54) is 0 Å². The zero-order chi connectivity index (χ0) is 19.7. The number of hydrogen-bond acceptors (Lipinski definition) is 5. The van der Waals surface area contributed by atoms with Gasteiger partial charge in [0.25, 0.3) is 5.91 Å². The third kappa shape index (κ3) is 8.02. The molecule has 1 atom stereocenters. The SMILES string of the molecule is Cc1ccc(NC(=O)CS[C@@H](C)C(=O)NNC(=O)C(=O)NC(C)C)cc1. The van der Waals surface area contributed by atoms with E-state index in [0.29, 0.717) is 5.69 Å². The molecule has 26 heavy (non-hydrogen) atoms. The fourth-order valence-electron chi connectivity index (χ4n) is 1.71. The zero-order valence-corrected chi connectivity index (χ0v) is 16.0. The van der Waals surface area contributed by atoms with Crippen LogP contribution in [0.2, 0.25) is 0 Å². The molecule has 0 saturated heterocycles. The van der Waals surface area contributed by atoms with E-state index in [1.54, 1.807) is 32.9 Å². The fourth-order valence-corrected chi connectivity index (χ4v) is 2.40. The quantitative estimate of drug-likeness (QED) is 0.429. The second kappa shape index (κ2) is 10.4. The van der Waals surface area contributed by atoms with Crippen molar-refractivity contribution in [3.05, 3.63) is 29.8 Å². The Morgan fingerprint density at radius 3 is 2.15 bits per heavy atom. The molecule has 0 spiro atoms. The molecule has 0 unspecified atom stereocenters. The maximum atomic E-state index is 11.9. The maximum Gasteiger partial charge on any atom is 0.327 e. The van der Waals surface area contributed by atoms with Crippen molar-refractivity contribution >= 4 is 41.1 Å². The van der Waals surface area contributed by atoms with Crippen LogP contribution in [0.5, 0.6) is 0 Å². The molecule has 4 amide bonds. The fraction of sp³-hybridized carbons (Fsp3) is 0.412. The van der Waals surface area contributed by atoms with Crippen LogP contribution in [0, 0.1) is 6.92 Å². The highest BCUT2D eigenvalue weighted by atomic mass is 32.2. The Morgan fingerprint density at radius 2 is 1.58 bits per heavy atom. The largest absolute Gasteiger partial charge is 0.346 e. The number of nitrogens with one attached hydrogen (secondary N) is 4. The number of hydrogen-bond donors (Lipinski definition) is 4. The van der Waals surface area contributed by atoms with E-state index in [1.807, 2.05) is 24.5 Å². The van der Waals surface area contributed by atoms with Crippen LogP contribution < -0.4 is 21.5 Å². The molecule has 0 heterocycles. The number of rotatable bonds is 6. The van der Waals surface area contributed by atoms with Crippen molar-refractivity contribution in [2.45, 2.75) is 39.0 Å². The molecule has 0 aliphatic carbocycles. The molecule has 0 radical (unpaired) electrons. The summed E-state index contributed by atoms with van der Waals surface area (Å²) in [6.45, 7) is 6.97. The molecule has 0 bridgehead atoms. The minimum Gasteiger partial charge on any atom is -0.346 e. The van der Waals surface area contributed by atoms with Gasteiger partial charge in [-0.25, -0.2) is 0 Å². The van der Waals surface area contributed by atoms with Gasteiger partial charge in [0.05, 0.1) is 11.0 Å². The van der Waals surface area contributed by atoms with Gasteiger partial charge >= 0.3 is 11.8 Å². The summed E-state index contributed by atoms with van der Waals surface area (Å²) in [7, 11) is 0. The first kappa shape index (κ1) is 21.5. The highest BCUT2D eigenvalue weighted by Gasteiger charge is 2.18. The van der Waals surface area contributed by atoms with E-state index in [2.05, 4.69) is 16.1 Å². The third-order valence-corrected chi connectivity index (χ3v) is 4.24. The van der Waals surface area contributed by atoms with Crippen molar-refractivity contribution in [3.63, 3.8) is 0 Å².